The molecule has 0 atom stereocenters. The minimum Gasteiger partial charge on any atom is -0.347 e. The Balaban J connectivity index is 1.70. The summed E-state index contributed by atoms with van der Waals surface area (Å²) >= 11 is 1.62. The average Bonchev–Trinajstić information content (AvgIpc) is 2.98. The standard InChI is InChI=1S/C17H22N4O3S/c1-20(2)14(23)9-18-13(22)7-8-21-10-19-16-15(17(21)24)11-5-3-4-6-12(11)25-16/h10H,3-9H2,1-2H3,(H,18,22). The number of carbonyl (C=O) groups excluding carboxylic acids is 2. The predicted molar refractivity (Wildman–Crippen MR) is 96.8 cm³/mol. The molecule has 0 spiro atoms. The fourth-order valence-corrected chi connectivity index (χ4v) is 4.20. The van der Waals surface area contributed by atoms with Crippen LogP contribution in [0.25, 0.3) is 10.2 Å². The first-order valence-corrected chi connectivity index (χ1v) is 9.25. The van der Waals surface area contributed by atoms with Crippen molar-refractivity contribution in [3.05, 3.63) is 27.1 Å². The number of aromatic nitrogens is 2. The number of hydrogen-bond donors (Lipinski definition) is 1. The van der Waals surface area contributed by atoms with Crippen LogP contribution < -0.4 is 10.9 Å². The highest BCUT2D eigenvalue weighted by molar-refractivity contribution is 7.18. The third-order valence-electron chi connectivity index (χ3n) is 4.46. The molecule has 1 aliphatic rings. The number of likely N-dealkylation sites (N-methyl/N-ethyl adjacent to an activating group) is 1. The van der Waals surface area contributed by atoms with E-state index in [1.54, 1.807) is 25.4 Å². The Kier molecular flexibility index (Phi) is 5.17. The molecule has 0 aromatic carbocycles. The molecule has 0 saturated carbocycles. The number of thiophene rings is 1. The Morgan fingerprint density at radius 2 is 2.08 bits per heavy atom. The van der Waals surface area contributed by atoms with E-state index in [9.17, 15) is 14.4 Å². The monoisotopic (exact) mass is 362 g/mol. The van der Waals surface area contributed by atoms with Gasteiger partial charge in [-0.3, -0.25) is 19.0 Å². The Morgan fingerprint density at radius 3 is 2.84 bits per heavy atom. The van der Waals surface area contributed by atoms with Crippen LogP contribution in [0.3, 0.4) is 0 Å². The molecule has 0 saturated heterocycles. The molecule has 2 amide bonds. The third-order valence-corrected chi connectivity index (χ3v) is 5.66. The van der Waals surface area contributed by atoms with E-state index in [4.69, 9.17) is 0 Å². The molecule has 1 N–H and O–H groups in total. The molecule has 2 aromatic heterocycles. The second-order valence-corrected chi connectivity index (χ2v) is 7.53. The van der Waals surface area contributed by atoms with E-state index in [1.165, 1.54) is 27.1 Å². The smallest absolute Gasteiger partial charge is 0.262 e. The minimum absolute atomic E-state index is 0.0317. The first-order chi connectivity index (χ1) is 12.0. The summed E-state index contributed by atoms with van der Waals surface area (Å²) in [7, 11) is 3.27. The lowest BCUT2D eigenvalue weighted by molar-refractivity contribution is -0.130. The molecule has 7 nitrogen and oxygen atoms in total. The lowest BCUT2D eigenvalue weighted by Crippen LogP contribution is -2.36. The van der Waals surface area contributed by atoms with Gasteiger partial charge >= 0.3 is 0 Å². The largest absolute Gasteiger partial charge is 0.347 e. The van der Waals surface area contributed by atoms with Gasteiger partial charge in [0, 0.05) is 31.9 Å². The summed E-state index contributed by atoms with van der Waals surface area (Å²) in [6.45, 7) is 0.227. The molecule has 0 bridgehead atoms. The van der Waals surface area contributed by atoms with Crippen molar-refractivity contribution in [2.24, 2.45) is 0 Å². The maximum absolute atomic E-state index is 12.8. The zero-order chi connectivity index (χ0) is 18.0. The quantitative estimate of drug-likeness (QED) is 0.858. The van der Waals surface area contributed by atoms with E-state index in [0.29, 0.717) is 0 Å². The SMILES string of the molecule is CN(C)C(=O)CNC(=O)CCn1cnc2sc3c(c2c1=O)CCCC3. The van der Waals surface area contributed by atoms with Crippen LogP contribution in [0.4, 0.5) is 0 Å². The van der Waals surface area contributed by atoms with Gasteiger partial charge in [-0.2, -0.15) is 0 Å². The van der Waals surface area contributed by atoms with Gasteiger partial charge in [0.25, 0.3) is 5.56 Å². The molecule has 1 aliphatic carbocycles. The molecular formula is C17H22N4O3S. The topological polar surface area (TPSA) is 84.3 Å². The maximum Gasteiger partial charge on any atom is 0.262 e. The molecule has 25 heavy (non-hydrogen) atoms. The summed E-state index contributed by atoms with van der Waals surface area (Å²) in [6, 6.07) is 0. The van der Waals surface area contributed by atoms with Crippen molar-refractivity contribution in [1.29, 1.82) is 0 Å². The summed E-state index contributed by atoms with van der Waals surface area (Å²) < 4.78 is 1.50. The number of nitrogens with one attached hydrogen (secondary N) is 1. The first kappa shape index (κ1) is 17.6. The van der Waals surface area contributed by atoms with Gasteiger partial charge in [0.1, 0.15) is 4.83 Å². The summed E-state index contributed by atoms with van der Waals surface area (Å²) in [4.78, 5) is 44.0. The second-order valence-electron chi connectivity index (χ2n) is 6.45. The van der Waals surface area contributed by atoms with Crippen LogP contribution in [0.2, 0.25) is 0 Å². The lowest BCUT2D eigenvalue weighted by Gasteiger charge is -2.11. The van der Waals surface area contributed by atoms with Crippen LogP contribution in [-0.2, 0) is 29.0 Å². The van der Waals surface area contributed by atoms with Crippen molar-refractivity contribution >= 4 is 33.4 Å². The van der Waals surface area contributed by atoms with Crippen molar-refractivity contribution in [3.8, 4) is 0 Å². The highest BCUT2D eigenvalue weighted by Crippen LogP contribution is 2.33. The van der Waals surface area contributed by atoms with E-state index in [-0.39, 0.29) is 36.9 Å². The highest BCUT2D eigenvalue weighted by atomic mass is 32.1. The van der Waals surface area contributed by atoms with E-state index < -0.39 is 0 Å². The fourth-order valence-electron chi connectivity index (χ4n) is 2.98. The Hall–Kier alpha value is -2.22. The normalized spacial score (nSPS) is 13.5. The molecular weight excluding hydrogens is 340 g/mol. The van der Waals surface area contributed by atoms with Gasteiger partial charge in [0.05, 0.1) is 18.3 Å². The number of aryl methyl sites for hydroxylation is 3. The van der Waals surface area contributed by atoms with Gasteiger partial charge in [0.2, 0.25) is 11.8 Å². The molecule has 2 heterocycles. The summed E-state index contributed by atoms with van der Waals surface area (Å²) in [5, 5.41) is 3.30. The van der Waals surface area contributed by atoms with Crippen molar-refractivity contribution in [1.82, 2.24) is 19.8 Å². The number of hydrogen-bond acceptors (Lipinski definition) is 5. The third kappa shape index (κ3) is 3.73. The number of nitrogens with zero attached hydrogens (tertiary/aromatic N) is 3. The van der Waals surface area contributed by atoms with Crippen LogP contribution in [0.15, 0.2) is 11.1 Å². The zero-order valence-electron chi connectivity index (χ0n) is 14.5. The lowest BCUT2D eigenvalue weighted by atomic mass is 9.97. The van der Waals surface area contributed by atoms with Crippen LogP contribution >= 0.6 is 11.3 Å². The van der Waals surface area contributed by atoms with Gasteiger partial charge in [0.15, 0.2) is 0 Å². The molecule has 0 unspecified atom stereocenters. The number of fused-ring (bicyclic) bond motifs is 3. The van der Waals surface area contributed by atoms with Gasteiger partial charge in [-0.15, -0.1) is 11.3 Å². The number of rotatable bonds is 5. The summed E-state index contributed by atoms with van der Waals surface area (Å²) in [5.74, 6) is -0.423. The van der Waals surface area contributed by atoms with Crippen molar-refractivity contribution in [3.63, 3.8) is 0 Å². The van der Waals surface area contributed by atoms with Gasteiger partial charge in [-0.25, -0.2) is 4.98 Å². The molecule has 3 rings (SSSR count). The van der Waals surface area contributed by atoms with Gasteiger partial charge < -0.3 is 10.2 Å². The predicted octanol–water partition coefficient (Wildman–Crippen LogP) is 0.931. The van der Waals surface area contributed by atoms with Crippen LogP contribution in [-0.4, -0.2) is 46.9 Å². The van der Waals surface area contributed by atoms with E-state index in [2.05, 4.69) is 10.3 Å². The minimum atomic E-state index is -0.255. The molecule has 0 radical (unpaired) electrons. The van der Waals surface area contributed by atoms with E-state index in [1.807, 2.05) is 0 Å². The van der Waals surface area contributed by atoms with Crippen molar-refractivity contribution in [2.75, 3.05) is 20.6 Å². The van der Waals surface area contributed by atoms with Crippen LogP contribution in [0.5, 0.6) is 0 Å². The zero-order valence-corrected chi connectivity index (χ0v) is 15.3. The number of carbonyl (C=O) groups is 2. The van der Waals surface area contributed by atoms with E-state index >= 15 is 0 Å². The Bertz CT molecular complexity index is 869. The average molecular weight is 362 g/mol. The van der Waals surface area contributed by atoms with Crippen LogP contribution in [0.1, 0.15) is 29.7 Å². The van der Waals surface area contributed by atoms with Gasteiger partial charge in [-0.05, 0) is 31.2 Å². The number of amides is 2. The molecule has 2 aromatic rings. The van der Waals surface area contributed by atoms with Crippen LogP contribution in [0, 0.1) is 0 Å². The summed E-state index contributed by atoms with van der Waals surface area (Å²) in [5.41, 5.74) is 1.08. The first-order valence-electron chi connectivity index (χ1n) is 8.44. The van der Waals surface area contributed by atoms with Crippen molar-refractivity contribution in [2.45, 2.75) is 38.6 Å². The maximum atomic E-state index is 12.8. The molecule has 8 heteroatoms. The van der Waals surface area contributed by atoms with Gasteiger partial charge in [-0.1, -0.05) is 0 Å². The van der Waals surface area contributed by atoms with Crippen molar-refractivity contribution < 1.29 is 9.59 Å². The Morgan fingerprint density at radius 1 is 1.32 bits per heavy atom. The molecule has 0 fully saturated rings. The second kappa shape index (κ2) is 7.35. The molecule has 134 valence electrons. The summed E-state index contributed by atoms with van der Waals surface area (Å²) in [6.07, 6.45) is 5.89. The van der Waals surface area contributed by atoms with E-state index in [0.717, 1.165) is 35.0 Å². The highest BCUT2D eigenvalue weighted by Gasteiger charge is 2.20. The molecule has 0 aliphatic heterocycles. The fraction of sp³-hybridized carbons (Fsp3) is 0.529. The Labute approximate surface area is 149 Å².